The highest BCUT2D eigenvalue weighted by Gasteiger charge is 2.50. The number of benzene rings is 3. The van der Waals surface area contributed by atoms with E-state index in [4.69, 9.17) is 4.74 Å². The van der Waals surface area contributed by atoms with Crippen LogP contribution in [0.25, 0.3) is 0 Å². The van der Waals surface area contributed by atoms with Crippen molar-refractivity contribution in [3.05, 3.63) is 95.6 Å². The summed E-state index contributed by atoms with van der Waals surface area (Å²) in [5, 5.41) is 9.64. The number of hydrogen-bond acceptors (Lipinski definition) is 5. The molecule has 4 atom stereocenters. The molecule has 0 saturated carbocycles. The van der Waals surface area contributed by atoms with E-state index in [9.17, 15) is 19.5 Å². The zero-order valence-electron chi connectivity index (χ0n) is 25.5. The molecule has 228 valence electrons. The highest BCUT2D eigenvalue weighted by atomic mass is 28.4. The Morgan fingerprint density at radius 2 is 1.65 bits per heavy atom. The summed E-state index contributed by atoms with van der Waals surface area (Å²) in [5.74, 6) is 0.165. The molecule has 2 N–H and O–H groups in total. The fourth-order valence-corrected chi connectivity index (χ4v) is 9.56. The van der Waals surface area contributed by atoms with Gasteiger partial charge in [-0.2, -0.15) is 0 Å². The molecular weight excluding hydrogens is 556 g/mol. The van der Waals surface area contributed by atoms with Crippen molar-refractivity contribution in [2.45, 2.75) is 76.4 Å². The minimum atomic E-state index is -2.64. The Morgan fingerprint density at radius 3 is 2.35 bits per heavy atom. The van der Waals surface area contributed by atoms with Crippen molar-refractivity contribution in [2.24, 2.45) is 5.92 Å². The Hall–Kier alpha value is -3.30. The molecule has 2 heterocycles. The quantitative estimate of drug-likeness (QED) is 0.279. The molecule has 2 amide bonds. The minimum Gasteiger partial charge on any atom is -0.432 e. The van der Waals surface area contributed by atoms with Crippen LogP contribution in [-0.2, 0) is 33.7 Å². The van der Waals surface area contributed by atoms with Gasteiger partial charge in [0.1, 0.15) is 0 Å². The van der Waals surface area contributed by atoms with Crippen LogP contribution in [0, 0.1) is 5.92 Å². The number of rotatable bonds is 11. The number of aliphatic hydroxyl groups is 1. The third-order valence-corrected chi connectivity index (χ3v) is 11.6. The largest absolute Gasteiger partial charge is 0.432 e. The van der Waals surface area contributed by atoms with E-state index in [1.807, 2.05) is 78.7 Å². The van der Waals surface area contributed by atoms with Crippen molar-refractivity contribution in [3.8, 4) is 0 Å². The van der Waals surface area contributed by atoms with Crippen molar-refractivity contribution in [1.82, 2.24) is 4.90 Å². The predicted molar refractivity (Wildman–Crippen MR) is 172 cm³/mol. The number of nitrogens with zero attached hydrogens (tertiary/aromatic N) is 2. The van der Waals surface area contributed by atoms with Crippen molar-refractivity contribution >= 4 is 31.5 Å². The van der Waals surface area contributed by atoms with E-state index in [1.54, 1.807) is 4.90 Å². The summed E-state index contributed by atoms with van der Waals surface area (Å²) in [5.41, 5.74) is 5.13. The van der Waals surface area contributed by atoms with E-state index in [0.29, 0.717) is 13.0 Å². The summed E-state index contributed by atoms with van der Waals surface area (Å²) in [6, 6.07) is 26.1. The Kier molecular flexibility index (Phi) is 9.81. The predicted octanol–water partition coefficient (Wildman–Crippen LogP) is 5.61. The first-order valence-electron chi connectivity index (χ1n) is 15.5. The third kappa shape index (κ3) is 7.26. The maximum Gasteiger partial charge on any atom is 0.231 e. The summed E-state index contributed by atoms with van der Waals surface area (Å²) in [7, 11) is -2.64. The first-order chi connectivity index (χ1) is 20.7. The number of carbonyl (C=O) groups excluding carboxylic acids is 2. The highest BCUT2D eigenvalue weighted by molar-refractivity contribution is 6.71. The maximum atomic E-state index is 13.5. The molecule has 0 bridgehead atoms. The number of para-hydroxylation sites is 1. The second-order valence-electron chi connectivity index (χ2n) is 12.5. The van der Waals surface area contributed by atoms with Gasteiger partial charge >= 0.3 is 0 Å². The molecule has 8 heteroatoms. The Balaban J connectivity index is 1.24. The van der Waals surface area contributed by atoms with Crippen molar-refractivity contribution in [3.63, 3.8) is 0 Å². The van der Waals surface area contributed by atoms with E-state index in [-0.39, 0.29) is 55.1 Å². The number of amides is 2. The molecule has 0 unspecified atom stereocenters. The van der Waals surface area contributed by atoms with Crippen molar-refractivity contribution in [1.29, 1.82) is 0 Å². The lowest BCUT2D eigenvalue weighted by molar-refractivity contribution is -0.135. The fraction of sp³-hybridized carbons (Fsp3) is 0.429. The van der Waals surface area contributed by atoms with E-state index < -0.39 is 8.32 Å². The number of fused-ring (bicyclic) bond motifs is 1. The number of ether oxygens (including phenoxy) is 1. The van der Waals surface area contributed by atoms with Gasteiger partial charge in [0.05, 0.1) is 30.9 Å². The van der Waals surface area contributed by atoms with Crippen LogP contribution in [0.5, 0.6) is 0 Å². The lowest BCUT2D eigenvalue weighted by Crippen LogP contribution is -2.42. The van der Waals surface area contributed by atoms with Crippen LogP contribution in [-0.4, -0.2) is 60.3 Å². The van der Waals surface area contributed by atoms with E-state index in [2.05, 4.69) is 25.1 Å². The summed E-state index contributed by atoms with van der Waals surface area (Å²) in [6.07, 6.45) is 2.62. The standard InChI is InChI=1S/C35H44N2O5Si/c1-25-31(19-15-26-13-17-29(18-14-26)37-30-12-8-7-11-28(30)16-20-33(37)39)42-32(35(25)43(2,3)41)23-34(40)36(21-22-38)24-27-9-5-4-6-10-27/h4-14,17-18,25,31-32,35,38,41H,15-16,19-24H2,1-3H3/t25-,31+,32-,35+/m0/s1. The Labute approximate surface area is 256 Å². The fourth-order valence-electron chi connectivity index (χ4n) is 6.96. The smallest absolute Gasteiger partial charge is 0.231 e. The number of hydrogen-bond donors (Lipinski definition) is 2. The second-order valence-corrected chi connectivity index (χ2v) is 16.5. The first-order valence-corrected chi connectivity index (χ1v) is 18.5. The van der Waals surface area contributed by atoms with Gasteiger partial charge in [0.25, 0.3) is 0 Å². The SMILES string of the molecule is C[C@@H]1[C@@H]([Si](C)(C)O)[C@H](CC(=O)N(CCO)Cc2ccccc2)O[C@@H]1CCc1ccc(N2C(=O)CCc3ccccc32)cc1. The summed E-state index contributed by atoms with van der Waals surface area (Å²) in [4.78, 5) is 41.0. The van der Waals surface area contributed by atoms with Gasteiger partial charge in [-0.1, -0.05) is 67.6 Å². The maximum absolute atomic E-state index is 13.5. The first kappa shape index (κ1) is 31.1. The van der Waals surface area contributed by atoms with Crippen molar-refractivity contribution in [2.75, 3.05) is 18.1 Å². The molecule has 3 aromatic rings. The van der Waals surface area contributed by atoms with Crippen LogP contribution in [0.4, 0.5) is 11.4 Å². The molecule has 43 heavy (non-hydrogen) atoms. The molecule has 2 aliphatic rings. The number of carbonyl (C=O) groups is 2. The molecule has 1 saturated heterocycles. The van der Waals surface area contributed by atoms with Gasteiger partial charge < -0.3 is 19.5 Å². The monoisotopic (exact) mass is 600 g/mol. The van der Waals surface area contributed by atoms with Gasteiger partial charge in [-0.15, -0.1) is 0 Å². The summed E-state index contributed by atoms with van der Waals surface area (Å²) in [6.45, 7) is 6.60. The normalized spacial score (nSPS) is 22.0. The summed E-state index contributed by atoms with van der Waals surface area (Å²) >= 11 is 0. The highest BCUT2D eigenvalue weighted by Crippen LogP contribution is 2.46. The van der Waals surface area contributed by atoms with Crippen LogP contribution >= 0.6 is 0 Å². The number of anilines is 2. The van der Waals surface area contributed by atoms with E-state index >= 15 is 0 Å². The zero-order valence-corrected chi connectivity index (χ0v) is 26.5. The topological polar surface area (TPSA) is 90.3 Å². The zero-order chi connectivity index (χ0) is 30.6. The average Bonchev–Trinajstić information content (AvgIpc) is 3.31. The summed E-state index contributed by atoms with van der Waals surface area (Å²) < 4.78 is 6.57. The molecule has 2 aliphatic heterocycles. The molecule has 3 aromatic carbocycles. The lowest BCUT2D eigenvalue weighted by Gasteiger charge is -2.31. The molecule has 0 spiro atoms. The number of aliphatic hydroxyl groups excluding tert-OH is 1. The van der Waals surface area contributed by atoms with Crippen LogP contribution < -0.4 is 4.90 Å². The van der Waals surface area contributed by atoms with E-state index in [1.165, 1.54) is 5.56 Å². The second kappa shape index (κ2) is 13.6. The van der Waals surface area contributed by atoms with Crippen molar-refractivity contribution < 1.29 is 24.2 Å². The molecule has 7 nitrogen and oxygen atoms in total. The lowest BCUT2D eigenvalue weighted by atomic mass is 9.94. The van der Waals surface area contributed by atoms with Gasteiger partial charge in [0.2, 0.25) is 11.8 Å². The van der Waals surface area contributed by atoms with E-state index in [0.717, 1.165) is 41.8 Å². The van der Waals surface area contributed by atoms with Gasteiger partial charge in [-0.3, -0.25) is 14.5 Å². The molecule has 0 radical (unpaired) electrons. The van der Waals surface area contributed by atoms with Crippen LogP contribution in [0.1, 0.15) is 42.9 Å². The third-order valence-electron chi connectivity index (χ3n) is 9.04. The minimum absolute atomic E-state index is 0.0663. The molecule has 0 aliphatic carbocycles. The molecular formula is C35H44N2O5Si. The van der Waals surface area contributed by atoms with Crippen LogP contribution in [0.15, 0.2) is 78.9 Å². The van der Waals surface area contributed by atoms with Crippen LogP contribution in [0.3, 0.4) is 0 Å². The molecule has 0 aromatic heterocycles. The number of aryl methyl sites for hydroxylation is 2. The van der Waals surface area contributed by atoms with Crippen LogP contribution in [0.2, 0.25) is 18.6 Å². The Bertz CT molecular complexity index is 1390. The Morgan fingerprint density at radius 1 is 0.953 bits per heavy atom. The van der Waals surface area contributed by atoms with Gasteiger partial charge in [0, 0.05) is 30.7 Å². The average molecular weight is 601 g/mol. The van der Waals surface area contributed by atoms with Gasteiger partial charge in [-0.25, -0.2) is 0 Å². The molecule has 5 rings (SSSR count). The van der Waals surface area contributed by atoms with Gasteiger partial charge in [0.15, 0.2) is 8.32 Å². The molecule has 1 fully saturated rings. The van der Waals surface area contributed by atoms with Gasteiger partial charge in [-0.05, 0) is 73.2 Å².